The van der Waals surface area contributed by atoms with Crippen molar-refractivity contribution in [1.29, 1.82) is 0 Å². The Hall–Kier alpha value is -3.19. The van der Waals surface area contributed by atoms with Gasteiger partial charge in [-0.25, -0.2) is 0 Å². The Morgan fingerprint density at radius 2 is 1.50 bits per heavy atom. The number of benzene rings is 2. The van der Waals surface area contributed by atoms with Crippen LogP contribution in [0.1, 0.15) is 5.56 Å². The topological polar surface area (TPSA) is 63.3 Å². The molecule has 1 aliphatic heterocycles. The molecule has 2 aromatic carbocycles. The smallest absolute Gasteiger partial charge is 0.248 e. The number of rotatable bonds is 7. The van der Waals surface area contributed by atoms with Crippen LogP contribution in [0.2, 0.25) is 0 Å². The fraction of sp³-hybridized carbons (Fsp3) is 0.348. The first-order valence-corrected chi connectivity index (χ1v) is 9.86. The number of nitrogens with one attached hydrogen (secondary N) is 1. The molecule has 0 unspecified atom stereocenters. The maximum Gasteiger partial charge on any atom is 0.248 e. The summed E-state index contributed by atoms with van der Waals surface area (Å²) >= 11 is 0. The highest BCUT2D eigenvalue weighted by Gasteiger charge is 2.14. The summed E-state index contributed by atoms with van der Waals surface area (Å²) in [6.45, 7) is 4.14. The monoisotopic (exact) mass is 411 g/mol. The van der Waals surface area contributed by atoms with E-state index in [1.807, 2.05) is 24.3 Å². The number of methoxy groups -OCH3 is 3. The van der Waals surface area contributed by atoms with E-state index in [9.17, 15) is 4.79 Å². The van der Waals surface area contributed by atoms with Gasteiger partial charge in [0.15, 0.2) is 11.5 Å². The van der Waals surface area contributed by atoms with Gasteiger partial charge in [0.25, 0.3) is 0 Å². The standard InChI is InChI=1S/C23H29N3O4/c1-25-11-13-26(14-12-25)19-8-6-18(7-9-19)24-23(27)10-5-17-15-21(29-3)22(30-4)16-20(17)28-2/h5-10,15-16H,11-14H2,1-4H3,(H,24,27). The van der Waals surface area contributed by atoms with Crippen molar-refractivity contribution < 1.29 is 19.0 Å². The molecule has 1 heterocycles. The number of nitrogens with zero attached hydrogens (tertiary/aromatic N) is 2. The zero-order chi connectivity index (χ0) is 21.5. The molecule has 160 valence electrons. The summed E-state index contributed by atoms with van der Waals surface area (Å²) in [7, 11) is 6.84. The van der Waals surface area contributed by atoms with Crippen molar-refractivity contribution in [2.75, 3.05) is 64.8 Å². The summed E-state index contributed by atoms with van der Waals surface area (Å²) in [5.74, 6) is 1.50. The van der Waals surface area contributed by atoms with Gasteiger partial charge in [-0.2, -0.15) is 0 Å². The van der Waals surface area contributed by atoms with Crippen molar-refractivity contribution in [2.45, 2.75) is 0 Å². The van der Waals surface area contributed by atoms with Gasteiger partial charge in [-0.05, 0) is 43.5 Å². The molecular formula is C23H29N3O4. The van der Waals surface area contributed by atoms with E-state index < -0.39 is 0 Å². The van der Waals surface area contributed by atoms with Crippen LogP contribution in [0, 0.1) is 0 Å². The average molecular weight is 412 g/mol. The molecule has 0 atom stereocenters. The summed E-state index contributed by atoms with van der Waals surface area (Å²) < 4.78 is 16.0. The van der Waals surface area contributed by atoms with Crippen LogP contribution in [0.15, 0.2) is 42.5 Å². The molecule has 7 heteroatoms. The lowest BCUT2D eigenvalue weighted by Gasteiger charge is -2.34. The highest BCUT2D eigenvalue weighted by molar-refractivity contribution is 6.02. The Balaban J connectivity index is 1.65. The van der Waals surface area contributed by atoms with Crippen LogP contribution in [0.4, 0.5) is 11.4 Å². The fourth-order valence-electron chi connectivity index (χ4n) is 3.35. The average Bonchev–Trinajstić information content (AvgIpc) is 2.78. The molecule has 1 saturated heterocycles. The molecule has 1 fully saturated rings. The molecule has 0 spiro atoms. The number of ether oxygens (including phenoxy) is 3. The number of likely N-dealkylation sites (N-methyl/N-ethyl adjacent to an activating group) is 1. The summed E-state index contributed by atoms with van der Waals surface area (Å²) in [6, 6.07) is 11.4. The Morgan fingerprint density at radius 1 is 0.900 bits per heavy atom. The van der Waals surface area contributed by atoms with Gasteiger partial charge in [0.2, 0.25) is 5.91 Å². The van der Waals surface area contributed by atoms with Gasteiger partial charge in [-0.3, -0.25) is 4.79 Å². The van der Waals surface area contributed by atoms with E-state index >= 15 is 0 Å². The minimum absolute atomic E-state index is 0.223. The molecule has 0 aromatic heterocycles. The first-order chi connectivity index (χ1) is 14.5. The summed E-state index contributed by atoms with van der Waals surface area (Å²) in [4.78, 5) is 17.1. The maximum absolute atomic E-state index is 12.4. The summed E-state index contributed by atoms with van der Waals surface area (Å²) in [5, 5.41) is 2.89. The maximum atomic E-state index is 12.4. The lowest BCUT2D eigenvalue weighted by atomic mass is 10.1. The zero-order valence-corrected chi connectivity index (χ0v) is 18.0. The van der Waals surface area contributed by atoms with Crippen LogP contribution in [0.5, 0.6) is 17.2 Å². The van der Waals surface area contributed by atoms with Crippen molar-refractivity contribution in [3.05, 3.63) is 48.0 Å². The summed E-state index contributed by atoms with van der Waals surface area (Å²) in [6.07, 6.45) is 3.16. The third kappa shape index (κ3) is 5.24. The first kappa shape index (κ1) is 21.5. The van der Waals surface area contributed by atoms with Crippen LogP contribution < -0.4 is 24.4 Å². The Bertz CT molecular complexity index is 888. The Kier molecular flexibility index (Phi) is 7.19. The molecular weight excluding hydrogens is 382 g/mol. The lowest BCUT2D eigenvalue weighted by molar-refractivity contribution is -0.111. The molecule has 2 aromatic rings. The van der Waals surface area contributed by atoms with Crippen molar-refractivity contribution in [1.82, 2.24) is 4.90 Å². The molecule has 0 saturated carbocycles. The number of anilines is 2. The fourth-order valence-corrected chi connectivity index (χ4v) is 3.35. The van der Waals surface area contributed by atoms with Gasteiger partial charge in [0.1, 0.15) is 5.75 Å². The van der Waals surface area contributed by atoms with Gasteiger partial charge >= 0.3 is 0 Å². The molecule has 0 aliphatic carbocycles. The highest BCUT2D eigenvalue weighted by Crippen LogP contribution is 2.35. The van der Waals surface area contributed by atoms with Crippen molar-refractivity contribution in [3.63, 3.8) is 0 Å². The van der Waals surface area contributed by atoms with Crippen molar-refractivity contribution in [2.24, 2.45) is 0 Å². The predicted octanol–water partition coefficient (Wildman–Crippen LogP) is 3.12. The lowest BCUT2D eigenvalue weighted by Crippen LogP contribution is -2.44. The molecule has 3 rings (SSSR count). The number of piperazine rings is 1. The third-order valence-electron chi connectivity index (χ3n) is 5.15. The Labute approximate surface area is 177 Å². The van der Waals surface area contributed by atoms with E-state index in [2.05, 4.69) is 22.2 Å². The highest BCUT2D eigenvalue weighted by atomic mass is 16.5. The molecule has 1 amide bonds. The number of carbonyl (C=O) groups is 1. The van der Waals surface area contributed by atoms with E-state index in [1.165, 1.54) is 11.8 Å². The number of hydrogen-bond donors (Lipinski definition) is 1. The molecule has 7 nitrogen and oxygen atoms in total. The van der Waals surface area contributed by atoms with Crippen LogP contribution >= 0.6 is 0 Å². The van der Waals surface area contributed by atoms with Crippen LogP contribution in [0.3, 0.4) is 0 Å². The molecule has 1 aliphatic rings. The second-order valence-corrected chi connectivity index (χ2v) is 7.11. The number of hydrogen-bond acceptors (Lipinski definition) is 6. The van der Waals surface area contributed by atoms with E-state index in [0.717, 1.165) is 37.4 Å². The SMILES string of the molecule is COc1cc(OC)c(OC)cc1C=CC(=O)Nc1ccc(N2CCN(C)CC2)cc1. The second kappa shape index (κ2) is 10.0. The third-order valence-corrected chi connectivity index (χ3v) is 5.15. The largest absolute Gasteiger partial charge is 0.496 e. The minimum atomic E-state index is -0.223. The zero-order valence-electron chi connectivity index (χ0n) is 18.0. The van der Waals surface area contributed by atoms with Crippen LogP contribution in [0.25, 0.3) is 6.08 Å². The predicted molar refractivity (Wildman–Crippen MR) is 120 cm³/mol. The molecule has 0 radical (unpaired) electrons. The van der Waals surface area contributed by atoms with E-state index in [1.54, 1.807) is 39.5 Å². The molecule has 1 N–H and O–H groups in total. The van der Waals surface area contributed by atoms with E-state index in [-0.39, 0.29) is 5.91 Å². The summed E-state index contributed by atoms with van der Waals surface area (Å²) in [5.41, 5.74) is 2.64. The van der Waals surface area contributed by atoms with Crippen molar-refractivity contribution >= 4 is 23.4 Å². The van der Waals surface area contributed by atoms with Gasteiger partial charge in [-0.15, -0.1) is 0 Å². The van der Waals surface area contributed by atoms with E-state index in [4.69, 9.17) is 14.2 Å². The van der Waals surface area contributed by atoms with Crippen LogP contribution in [-0.2, 0) is 4.79 Å². The number of carbonyl (C=O) groups excluding carboxylic acids is 1. The molecule has 30 heavy (non-hydrogen) atoms. The normalized spacial score (nSPS) is 14.6. The Morgan fingerprint density at radius 3 is 2.10 bits per heavy atom. The van der Waals surface area contributed by atoms with Gasteiger partial charge in [0, 0.05) is 55.3 Å². The first-order valence-electron chi connectivity index (χ1n) is 9.86. The van der Waals surface area contributed by atoms with Gasteiger partial charge in [0.05, 0.1) is 21.3 Å². The minimum Gasteiger partial charge on any atom is -0.496 e. The van der Waals surface area contributed by atoms with Crippen LogP contribution in [-0.4, -0.2) is 65.4 Å². The molecule has 0 bridgehead atoms. The van der Waals surface area contributed by atoms with Gasteiger partial charge in [-0.1, -0.05) is 0 Å². The quantitative estimate of drug-likeness (QED) is 0.707. The van der Waals surface area contributed by atoms with Gasteiger partial charge < -0.3 is 29.3 Å². The number of amides is 1. The second-order valence-electron chi connectivity index (χ2n) is 7.11. The van der Waals surface area contributed by atoms with Crippen molar-refractivity contribution in [3.8, 4) is 17.2 Å². The van der Waals surface area contributed by atoms with E-state index in [0.29, 0.717) is 17.2 Å².